The van der Waals surface area contributed by atoms with E-state index >= 15 is 0 Å². The second-order valence-electron chi connectivity index (χ2n) is 5.71. The Labute approximate surface area is 149 Å². The fourth-order valence-electron chi connectivity index (χ4n) is 2.52. The molecule has 0 aromatic heterocycles. The number of carboxylic acid groups (broad SMARTS) is 2. The Balaban J connectivity index is 1.61. The van der Waals surface area contributed by atoms with Gasteiger partial charge in [0.05, 0.1) is 11.1 Å². The lowest BCUT2D eigenvalue weighted by Crippen LogP contribution is -2.39. The van der Waals surface area contributed by atoms with Crippen molar-refractivity contribution in [1.29, 1.82) is 0 Å². The highest BCUT2D eigenvalue weighted by Crippen LogP contribution is 2.20. The Morgan fingerprint density at radius 3 is 1.23 bits per heavy atom. The molecule has 0 atom stereocenters. The summed E-state index contributed by atoms with van der Waals surface area (Å²) in [6, 6.07) is 13.0. The maximum Gasteiger partial charge on any atom is 0.335 e. The molecule has 0 bridgehead atoms. The van der Waals surface area contributed by atoms with Gasteiger partial charge >= 0.3 is 11.9 Å². The summed E-state index contributed by atoms with van der Waals surface area (Å²) in [6.45, 7) is 1.10. The lowest BCUT2D eigenvalue weighted by molar-refractivity contribution is 0.0407. The Morgan fingerprint density at radius 2 is 0.962 bits per heavy atom. The van der Waals surface area contributed by atoms with E-state index in [0.29, 0.717) is 0 Å². The smallest absolute Gasteiger partial charge is 0.335 e. The van der Waals surface area contributed by atoms with Crippen LogP contribution in [0.3, 0.4) is 0 Å². The highest BCUT2D eigenvalue weighted by Gasteiger charge is 2.15. The van der Waals surface area contributed by atoms with E-state index in [4.69, 9.17) is 19.7 Å². The van der Waals surface area contributed by atoms with Crippen molar-refractivity contribution in [2.24, 2.45) is 0 Å². The van der Waals surface area contributed by atoms with Crippen LogP contribution in [-0.4, -0.2) is 49.1 Å². The molecule has 136 valence electrons. The van der Waals surface area contributed by atoms with Gasteiger partial charge in [-0.15, -0.1) is 0 Å². The molecule has 0 unspecified atom stereocenters. The predicted molar refractivity (Wildman–Crippen MR) is 93.4 cm³/mol. The van der Waals surface area contributed by atoms with Gasteiger partial charge in [0.25, 0.3) is 0 Å². The summed E-state index contributed by atoms with van der Waals surface area (Å²) in [7, 11) is 0. The molecule has 0 saturated carbocycles. The quantitative estimate of drug-likeness (QED) is 0.859. The van der Waals surface area contributed by atoms with Crippen LogP contribution in [0.2, 0.25) is 0 Å². The molecule has 1 aliphatic heterocycles. The maximum atomic E-state index is 10.9. The molecular formula is C18H18N2O6. The molecule has 8 heteroatoms. The molecule has 0 aliphatic carbocycles. The number of ether oxygens (including phenoxy) is 2. The maximum absolute atomic E-state index is 10.9. The van der Waals surface area contributed by atoms with Gasteiger partial charge in [-0.1, -0.05) is 0 Å². The molecule has 26 heavy (non-hydrogen) atoms. The summed E-state index contributed by atoms with van der Waals surface area (Å²) in [6.07, 6.45) is 0. The topological polar surface area (TPSA) is 99.5 Å². The number of hydrogen-bond donors (Lipinski definition) is 2. The van der Waals surface area contributed by atoms with Crippen molar-refractivity contribution in [3.63, 3.8) is 0 Å². The molecule has 0 radical (unpaired) electrons. The molecule has 1 aliphatic rings. The fraction of sp³-hybridized carbons (Fsp3) is 0.222. The zero-order chi connectivity index (χ0) is 18.5. The van der Waals surface area contributed by atoms with Gasteiger partial charge in [-0.2, -0.15) is 0 Å². The summed E-state index contributed by atoms with van der Waals surface area (Å²) >= 11 is 0. The first-order valence-electron chi connectivity index (χ1n) is 7.87. The lowest BCUT2D eigenvalue weighted by Gasteiger charge is -2.32. The first-order chi connectivity index (χ1) is 12.5. The molecule has 1 fully saturated rings. The first kappa shape index (κ1) is 17.7. The van der Waals surface area contributed by atoms with E-state index in [1.807, 2.05) is 9.80 Å². The molecular weight excluding hydrogens is 340 g/mol. The van der Waals surface area contributed by atoms with Crippen LogP contribution in [0.15, 0.2) is 48.5 Å². The van der Waals surface area contributed by atoms with Crippen LogP contribution in [0, 0.1) is 0 Å². The normalized spacial score (nSPS) is 15.2. The first-order valence-corrected chi connectivity index (χ1v) is 7.87. The summed E-state index contributed by atoms with van der Waals surface area (Å²) in [5, 5.41) is 17.9. The monoisotopic (exact) mass is 358 g/mol. The minimum atomic E-state index is -0.971. The highest BCUT2D eigenvalue weighted by atomic mass is 16.5. The number of benzene rings is 2. The highest BCUT2D eigenvalue weighted by molar-refractivity contribution is 5.88. The summed E-state index contributed by atoms with van der Waals surface area (Å²) < 4.78 is 11.4. The van der Waals surface area contributed by atoms with Crippen LogP contribution in [0.4, 0.5) is 11.4 Å². The van der Waals surface area contributed by atoms with Crippen molar-refractivity contribution in [3.05, 3.63) is 59.7 Å². The average Bonchev–Trinajstić information content (AvgIpc) is 2.62. The van der Waals surface area contributed by atoms with Gasteiger partial charge in [0.15, 0.2) is 0 Å². The minimum Gasteiger partial charge on any atom is -0.478 e. The molecule has 8 nitrogen and oxygen atoms in total. The summed E-state index contributed by atoms with van der Waals surface area (Å²) in [4.78, 5) is 25.5. The molecule has 2 aromatic rings. The average molecular weight is 358 g/mol. The zero-order valence-corrected chi connectivity index (χ0v) is 13.9. The number of carbonyl (C=O) groups is 2. The van der Waals surface area contributed by atoms with Gasteiger partial charge in [0.1, 0.15) is 26.9 Å². The van der Waals surface area contributed by atoms with E-state index in [1.165, 1.54) is 24.3 Å². The van der Waals surface area contributed by atoms with Crippen molar-refractivity contribution in [1.82, 2.24) is 0 Å². The van der Waals surface area contributed by atoms with Crippen LogP contribution in [0.1, 0.15) is 20.7 Å². The molecule has 2 N–H and O–H groups in total. The van der Waals surface area contributed by atoms with Crippen molar-refractivity contribution >= 4 is 23.3 Å². The van der Waals surface area contributed by atoms with Crippen molar-refractivity contribution < 1.29 is 29.3 Å². The molecule has 0 amide bonds. The van der Waals surface area contributed by atoms with Crippen LogP contribution in [0.25, 0.3) is 0 Å². The summed E-state index contributed by atoms with van der Waals surface area (Å²) in [5.41, 5.74) is 2.04. The van der Waals surface area contributed by atoms with Gasteiger partial charge in [-0.25, -0.2) is 9.59 Å². The third-order valence-electron chi connectivity index (χ3n) is 3.95. The number of rotatable bonds is 4. The lowest BCUT2D eigenvalue weighted by atomic mass is 10.2. The fourth-order valence-corrected chi connectivity index (χ4v) is 2.52. The van der Waals surface area contributed by atoms with Crippen LogP contribution >= 0.6 is 0 Å². The standard InChI is InChI=1S/C18H18N2O6/c21-17(22)13-1-5-15(6-2-13)19-9-25-11-20(12-26-10-19)16-7-3-14(4-8-16)18(23)24/h1-8H,9-12H2,(H,21,22)(H,23,24). The van der Waals surface area contributed by atoms with Gasteiger partial charge in [0.2, 0.25) is 0 Å². The second kappa shape index (κ2) is 7.85. The predicted octanol–water partition coefficient (Wildman–Crippen LogP) is 2.27. The number of carboxylic acids is 2. The number of aromatic carboxylic acids is 2. The van der Waals surface area contributed by atoms with E-state index < -0.39 is 11.9 Å². The SMILES string of the molecule is O=C(O)c1ccc(N2COCN(c3ccc(C(=O)O)cc3)COC2)cc1. The molecule has 1 heterocycles. The third kappa shape index (κ3) is 4.11. The zero-order valence-electron chi connectivity index (χ0n) is 13.9. The number of nitrogens with zero attached hydrogens (tertiary/aromatic N) is 2. The van der Waals surface area contributed by atoms with Gasteiger partial charge < -0.3 is 29.5 Å². The van der Waals surface area contributed by atoms with E-state index in [2.05, 4.69) is 0 Å². The third-order valence-corrected chi connectivity index (χ3v) is 3.95. The molecule has 3 rings (SSSR count). The van der Waals surface area contributed by atoms with Crippen molar-refractivity contribution in [2.75, 3.05) is 36.7 Å². The van der Waals surface area contributed by atoms with Crippen molar-refractivity contribution in [3.8, 4) is 0 Å². The Kier molecular flexibility index (Phi) is 5.35. The van der Waals surface area contributed by atoms with Gasteiger partial charge in [-0.05, 0) is 48.5 Å². The van der Waals surface area contributed by atoms with Crippen molar-refractivity contribution in [2.45, 2.75) is 0 Å². The summed E-state index contributed by atoms with van der Waals surface area (Å²) in [5.74, 6) is -1.94. The Morgan fingerprint density at radius 1 is 0.654 bits per heavy atom. The van der Waals surface area contributed by atoms with Gasteiger partial charge in [0, 0.05) is 11.4 Å². The minimum absolute atomic E-state index is 0.221. The number of anilines is 2. The van der Waals surface area contributed by atoms with E-state index in [1.54, 1.807) is 24.3 Å². The molecule has 1 saturated heterocycles. The van der Waals surface area contributed by atoms with E-state index in [-0.39, 0.29) is 38.1 Å². The second-order valence-corrected chi connectivity index (χ2v) is 5.71. The van der Waals surface area contributed by atoms with Crippen LogP contribution in [-0.2, 0) is 9.47 Å². The number of hydrogen-bond acceptors (Lipinski definition) is 6. The molecule has 2 aromatic carbocycles. The van der Waals surface area contributed by atoms with Crippen LogP contribution < -0.4 is 9.80 Å². The van der Waals surface area contributed by atoms with Gasteiger partial charge in [-0.3, -0.25) is 0 Å². The molecule has 0 spiro atoms. The van der Waals surface area contributed by atoms with E-state index in [0.717, 1.165) is 11.4 Å². The Bertz CT molecular complexity index is 700. The van der Waals surface area contributed by atoms with E-state index in [9.17, 15) is 9.59 Å². The Hall–Kier alpha value is -3.10. The van der Waals surface area contributed by atoms with Crippen LogP contribution in [0.5, 0.6) is 0 Å². The largest absolute Gasteiger partial charge is 0.478 e.